The minimum atomic E-state index is -2.23. The average Bonchev–Trinajstić information content (AvgIpc) is 2.86. The Bertz CT molecular complexity index is 451. The number of hydrogen-bond donors (Lipinski definition) is 0. The quantitative estimate of drug-likeness (QED) is 0.726. The van der Waals surface area contributed by atoms with E-state index in [0.717, 1.165) is 42.5 Å². The molecule has 0 atom stereocenters. The summed E-state index contributed by atoms with van der Waals surface area (Å²) in [4.78, 5) is 2.22. The van der Waals surface area contributed by atoms with E-state index in [4.69, 9.17) is 4.74 Å². The van der Waals surface area contributed by atoms with Crippen molar-refractivity contribution in [2.45, 2.75) is 32.1 Å². The first-order valence-corrected chi connectivity index (χ1v) is 7.51. The van der Waals surface area contributed by atoms with Gasteiger partial charge in [0, 0.05) is 19.5 Å². The lowest BCUT2D eigenvalue weighted by Gasteiger charge is -2.22. The van der Waals surface area contributed by atoms with E-state index in [9.17, 15) is 8.78 Å². The monoisotopic (exact) mass is 303 g/mol. The standard InChI is InChI=1S/C13H19F2N3OS/c1-18-7-4-5-10(9-18)12-13(17-20-16-12)19-8-3-2-6-11(14)15/h5,11H,2-4,6-9H2,1H3. The summed E-state index contributed by atoms with van der Waals surface area (Å²) in [6.45, 7) is 2.30. The van der Waals surface area contributed by atoms with E-state index in [1.165, 1.54) is 0 Å². The smallest absolute Gasteiger partial charge is 0.253 e. The molecule has 0 N–H and O–H groups in total. The lowest BCUT2D eigenvalue weighted by Crippen LogP contribution is -2.25. The third-order valence-corrected chi connectivity index (χ3v) is 3.67. The minimum Gasteiger partial charge on any atom is -0.475 e. The fraction of sp³-hybridized carbons (Fsp3) is 0.692. The van der Waals surface area contributed by atoms with Gasteiger partial charge in [0.1, 0.15) is 5.69 Å². The molecule has 0 aromatic carbocycles. The number of halogens is 2. The molecule has 0 radical (unpaired) electrons. The van der Waals surface area contributed by atoms with Gasteiger partial charge < -0.3 is 9.64 Å². The van der Waals surface area contributed by atoms with Gasteiger partial charge in [0.2, 0.25) is 6.43 Å². The fourth-order valence-corrected chi connectivity index (χ4v) is 2.64. The molecule has 0 amide bonds. The molecule has 0 aliphatic carbocycles. The van der Waals surface area contributed by atoms with Crippen molar-refractivity contribution < 1.29 is 13.5 Å². The SMILES string of the molecule is CN1CCC=C(c2nsnc2OCCCCC(F)F)C1. The summed E-state index contributed by atoms with van der Waals surface area (Å²) in [5.41, 5.74) is 1.94. The van der Waals surface area contributed by atoms with Gasteiger partial charge in [-0.25, -0.2) is 8.78 Å². The van der Waals surface area contributed by atoms with Gasteiger partial charge >= 0.3 is 0 Å². The van der Waals surface area contributed by atoms with Gasteiger partial charge in [-0.1, -0.05) is 6.08 Å². The molecule has 2 rings (SSSR count). The highest BCUT2D eigenvalue weighted by molar-refractivity contribution is 6.99. The van der Waals surface area contributed by atoms with Crippen LogP contribution in [0, 0.1) is 0 Å². The highest BCUT2D eigenvalue weighted by atomic mass is 32.1. The number of aromatic nitrogens is 2. The van der Waals surface area contributed by atoms with Crippen LogP contribution < -0.4 is 4.74 Å². The molecule has 4 nitrogen and oxygen atoms in total. The second kappa shape index (κ2) is 7.64. The Kier molecular flexibility index (Phi) is 5.85. The van der Waals surface area contributed by atoms with Crippen molar-refractivity contribution in [3.05, 3.63) is 11.8 Å². The van der Waals surface area contributed by atoms with Gasteiger partial charge in [0.05, 0.1) is 18.3 Å². The summed E-state index contributed by atoms with van der Waals surface area (Å²) in [6.07, 6.45) is 1.95. The van der Waals surface area contributed by atoms with Gasteiger partial charge in [0.15, 0.2) is 0 Å². The zero-order valence-corrected chi connectivity index (χ0v) is 12.3. The van der Waals surface area contributed by atoms with E-state index in [-0.39, 0.29) is 6.42 Å². The zero-order chi connectivity index (χ0) is 14.4. The van der Waals surface area contributed by atoms with Crippen molar-refractivity contribution in [3.8, 4) is 5.88 Å². The Balaban J connectivity index is 1.84. The first-order chi connectivity index (χ1) is 9.66. The highest BCUT2D eigenvalue weighted by Crippen LogP contribution is 2.27. The summed E-state index contributed by atoms with van der Waals surface area (Å²) in [7, 11) is 2.07. The molecule has 0 fully saturated rings. The summed E-state index contributed by atoms with van der Waals surface area (Å²) in [5.74, 6) is 0.536. The van der Waals surface area contributed by atoms with Crippen molar-refractivity contribution >= 4 is 17.3 Å². The molecular formula is C13H19F2N3OS. The Hall–Kier alpha value is -1.08. The predicted octanol–water partition coefficient (Wildman–Crippen LogP) is 3.07. The number of unbranched alkanes of at least 4 members (excludes halogenated alkanes) is 1. The van der Waals surface area contributed by atoms with Crippen molar-refractivity contribution in [2.75, 3.05) is 26.7 Å². The topological polar surface area (TPSA) is 38.2 Å². The third-order valence-electron chi connectivity index (χ3n) is 3.16. The molecule has 1 aliphatic rings. The van der Waals surface area contributed by atoms with Crippen LogP contribution in [-0.2, 0) is 0 Å². The first kappa shape index (κ1) is 15.3. The summed E-state index contributed by atoms with van der Waals surface area (Å²) < 4.78 is 38.0. The lowest BCUT2D eigenvalue weighted by atomic mass is 10.1. The van der Waals surface area contributed by atoms with Crippen molar-refractivity contribution in [1.29, 1.82) is 0 Å². The first-order valence-electron chi connectivity index (χ1n) is 6.78. The van der Waals surface area contributed by atoms with Crippen LogP contribution in [0.5, 0.6) is 5.88 Å². The maximum atomic E-state index is 12.0. The van der Waals surface area contributed by atoms with Crippen LogP contribution in [0.25, 0.3) is 5.57 Å². The van der Waals surface area contributed by atoms with E-state index in [2.05, 4.69) is 26.8 Å². The number of nitrogens with zero attached hydrogens (tertiary/aromatic N) is 3. The molecule has 2 heterocycles. The van der Waals surface area contributed by atoms with Crippen LogP contribution in [-0.4, -0.2) is 46.8 Å². The molecule has 0 bridgehead atoms. The molecule has 1 aromatic rings. The van der Waals surface area contributed by atoms with Crippen LogP contribution in [0.3, 0.4) is 0 Å². The Labute approximate surface area is 121 Å². The predicted molar refractivity (Wildman–Crippen MR) is 75.4 cm³/mol. The highest BCUT2D eigenvalue weighted by Gasteiger charge is 2.18. The van der Waals surface area contributed by atoms with E-state index in [0.29, 0.717) is 25.3 Å². The average molecular weight is 303 g/mol. The number of likely N-dealkylation sites (N-methyl/N-ethyl adjacent to an activating group) is 1. The van der Waals surface area contributed by atoms with Crippen molar-refractivity contribution in [3.63, 3.8) is 0 Å². The van der Waals surface area contributed by atoms with Gasteiger partial charge in [-0.3, -0.25) is 0 Å². The van der Waals surface area contributed by atoms with Crippen molar-refractivity contribution in [1.82, 2.24) is 13.6 Å². The van der Waals surface area contributed by atoms with Crippen LogP contribution in [0.2, 0.25) is 0 Å². The Morgan fingerprint density at radius 1 is 1.40 bits per heavy atom. The molecule has 7 heteroatoms. The van der Waals surface area contributed by atoms with E-state index >= 15 is 0 Å². The maximum Gasteiger partial charge on any atom is 0.253 e. The van der Waals surface area contributed by atoms with E-state index < -0.39 is 6.43 Å². The minimum absolute atomic E-state index is 0.0680. The second-order valence-corrected chi connectivity index (χ2v) is 5.44. The number of alkyl halides is 2. The third kappa shape index (κ3) is 4.49. The van der Waals surface area contributed by atoms with Crippen LogP contribution in [0.15, 0.2) is 6.08 Å². The van der Waals surface area contributed by atoms with Crippen LogP contribution in [0.1, 0.15) is 31.4 Å². The van der Waals surface area contributed by atoms with E-state index in [1.807, 2.05) is 0 Å². The lowest BCUT2D eigenvalue weighted by molar-refractivity contribution is 0.131. The maximum absolute atomic E-state index is 12.0. The number of rotatable bonds is 7. The summed E-state index contributed by atoms with van der Waals surface area (Å²) in [5, 5.41) is 0. The van der Waals surface area contributed by atoms with Crippen LogP contribution >= 0.6 is 11.7 Å². The summed E-state index contributed by atoms with van der Waals surface area (Å²) >= 11 is 1.13. The largest absolute Gasteiger partial charge is 0.475 e. The molecule has 20 heavy (non-hydrogen) atoms. The number of hydrogen-bond acceptors (Lipinski definition) is 5. The van der Waals surface area contributed by atoms with E-state index in [1.54, 1.807) is 0 Å². The molecule has 1 aliphatic heterocycles. The Morgan fingerprint density at radius 2 is 2.25 bits per heavy atom. The zero-order valence-electron chi connectivity index (χ0n) is 11.5. The molecule has 1 aromatic heterocycles. The van der Waals surface area contributed by atoms with Gasteiger partial charge in [-0.2, -0.15) is 4.37 Å². The normalized spacial score (nSPS) is 16.5. The molecule has 0 saturated heterocycles. The molecule has 0 saturated carbocycles. The molecule has 0 unspecified atom stereocenters. The summed E-state index contributed by atoms with van der Waals surface area (Å²) in [6, 6.07) is 0. The molecule has 112 valence electrons. The number of ether oxygens (including phenoxy) is 1. The van der Waals surface area contributed by atoms with Crippen LogP contribution in [0.4, 0.5) is 8.78 Å². The molecule has 0 spiro atoms. The fourth-order valence-electron chi connectivity index (χ4n) is 2.11. The van der Waals surface area contributed by atoms with Gasteiger partial charge in [0.25, 0.3) is 5.88 Å². The van der Waals surface area contributed by atoms with Crippen molar-refractivity contribution in [2.24, 2.45) is 0 Å². The van der Waals surface area contributed by atoms with Gasteiger partial charge in [-0.15, -0.1) is 4.37 Å². The molecular weight excluding hydrogens is 284 g/mol. The second-order valence-electron chi connectivity index (χ2n) is 4.91. The van der Waals surface area contributed by atoms with Gasteiger partial charge in [-0.05, 0) is 31.9 Å². The Morgan fingerprint density at radius 3 is 3.00 bits per heavy atom.